The molecule has 3 aromatic rings. The molecule has 0 unspecified atom stereocenters. The van der Waals surface area contributed by atoms with Gasteiger partial charge in [-0.2, -0.15) is 0 Å². The van der Waals surface area contributed by atoms with Crippen molar-refractivity contribution < 1.29 is 9.53 Å². The number of ether oxygens (including phenoxy) is 1. The van der Waals surface area contributed by atoms with E-state index in [0.717, 1.165) is 24.3 Å². The number of aromatic nitrogens is 2. The predicted octanol–water partition coefficient (Wildman–Crippen LogP) is 3.21. The number of nitrogens with zero attached hydrogens (tertiary/aromatic N) is 2. The quantitative estimate of drug-likeness (QED) is 0.651. The lowest BCUT2D eigenvalue weighted by atomic mass is 10.2. The van der Waals surface area contributed by atoms with Crippen molar-refractivity contribution in [1.29, 1.82) is 0 Å². The first-order valence-corrected chi connectivity index (χ1v) is 10.2. The van der Waals surface area contributed by atoms with Crippen molar-refractivity contribution in [1.82, 2.24) is 14.9 Å². The molecule has 1 amide bonds. The van der Waals surface area contributed by atoms with Gasteiger partial charge < -0.3 is 14.6 Å². The van der Waals surface area contributed by atoms with Crippen LogP contribution in [-0.4, -0.2) is 40.0 Å². The number of H-pyrrole nitrogens is 1. The van der Waals surface area contributed by atoms with Crippen molar-refractivity contribution in [3.8, 4) is 0 Å². The molecule has 1 aliphatic rings. The highest BCUT2D eigenvalue weighted by molar-refractivity contribution is 7.10. The van der Waals surface area contributed by atoms with Gasteiger partial charge in [-0.3, -0.25) is 9.59 Å². The van der Waals surface area contributed by atoms with Crippen LogP contribution in [0.5, 0.6) is 0 Å². The number of rotatable bonds is 6. The number of hydrogen-bond acceptors (Lipinski definition) is 5. The third kappa shape index (κ3) is 4.37. The summed E-state index contributed by atoms with van der Waals surface area (Å²) in [4.78, 5) is 35.2. The number of para-hydroxylation sites is 1. The maximum Gasteiger partial charge on any atom is 0.258 e. The number of hydrogen-bond donors (Lipinski definition) is 1. The molecule has 7 heteroatoms. The van der Waals surface area contributed by atoms with Crippen molar-refractivity contribution in [2.45, 2.75) is 25.5 Å². The minimum Gasteiger partial charge on any atom is -0.376 e. The fourth-order valence-corrected chi connectivity index (χ4v) is 3.92. The van der Waals surface area contributed by atoms with Crippen LogP contribution < -0.4 is 5.56 Å². The van der Waals surface area contributed by atoms with E-state index in [4.69, 9.17) is 4.74 Å². The van der Waals surface area contributed by atoms with Crippen molar-refractivity contribution in [2.24, 2.45) is 0 Å². The molecule has 1 aliphatic heterocycles. The number of benzene rings is 1. The topological polar surface area (TPSA) is 75.3 Å². The van der Waals surface area contributed by atoms with E-state index < -0.39 is 0 Å². The van der Waals surface area contributed by atoms with Crippen molar-refractivity contribution in [3.63, 3.8) is 0 Å². The molecule has 1 atom stereocenters. The number of carbonyl (C=O) groups excluding carboxylic acids is 1. The lowest BCUT2D eigenvalue weighted by molar-refractivity contribution is -0.128. The number of carbonyl (C=O) groups is 1. The monoisotopic (exact) mass is 395 g/mol. The van der Waals surface area contributed by atoms with Crippen LogP contribution in [0.4, 0.5) is 0 Å². The summed E-state index contributed by atoms with van der Waals surface area (Å²) in [5.74, 6) is 0.347. The first-order chi connectivity index (χ1) is 13.7. The van der Waals surface area contributed by atoms with Gasteiger partial charge in [0.15, 0.2) is 0 Å². The zero-order chi connectivity index (χ0) is 19.3. The van der Waals surface area contributed by atoms with Crippen molar-refractivity contribution in [3.05, 3.63) is 68.9 Å². The second kappa shape index (κ2) is 8.50. The second-order valence-electron chi connectivity index (χ2n) is 6.73. The van der Waals surface area contributed by atoms with Crippen LogP contribution in [0.2, 0.25) is 0 Å². The summed E-state index contributed by atoms with van der Waals surface area (Å²) in [6.07, 6.45) is 5.33. The summed E-state index contributed by atoms with van der Waals surface area (Å²) in [5.41, 5.74) is 0.430. The second-order valence-corrected chi connectivity index (χ2v) is 7.71. The fourth-order valence-electron chi connectivity index (χ4n) is 3.30. The molecular formula is C21H21N3O3S. The van der Waals surface area contributed by atoms with E-state index in [1.54, 1.807) is 34.4 Å². The molecule has 0 bridgehead atoms. The van der Waals surface area contributed by atoms with Crippen molar-refractivity contribution >= 4 is 34.2 Å². The van der Waals surface area contributed by atoms with Crippen LogP contribution in [0.25, 0.3) is 17.0 Å². The molecule has 1 N–H and O–H groups in total. The standard InChI is InChI=1S/C21H21N3O3S/c25-20(10-9-16-6-4-12-28-16)24(13-15-5-3-11-27-15)14-19-22-18-8-2-1-7-17(18)21(26)23-19/h1-2,4,6-10,12,15H,3,5,11,13-14H2,(H,22,23,26)/b10-9+/t15-/m1/s1. The Kier molecular flexibility index (Phi) is 5.64. The maximum absolute atomic E-state index is 12.8. The largest absolute Gasteiger partial charge is 0.376 e. The molecule has 1 fully saturated rings. The summed E-state index contributed by atoms with van der Waals surface area (Å²) in [7, 11) is 0. The van der Waals surface area contributed by atoms with E-state index in [9.17, 15) is 9.59 Å². The zero-order valence-corrected chi connectivity index (χ0v) is 16.2. The van der Waals surface area contributed by atoms with E-state index in [1.165, 1.54) is 0 Å². The Morgan fingerprint density at radius 1 is 1.32 bits per heavy atom. The maximum atomic E-state index is 12.8. The Hall–Kier alpha value is -2.77. The number of nitrogens with one attached hydrogen (secondary N) is 1. The molecule has 28 heavy (non-hydrogen) atoms. The molecule has 3 heterocycles. The average Bonchev–Trinajstić information content (AvgIpc) is 3.40. The highest BCUT2D eigenvalue weighted by atomic mass is 32.1. The molecule has 6 nitrogen and oxygen atoms in total. The Bertz CT molecular complexity index is 1040. The first-order valence-electron chi connectivity index (χ1n) is 9.29. The lowest BCUT2D eigenvalue weighted by Crippen LogP contribution is -2.36. The molecular weight excluding hydrogens is 374 g/mol. The van der Waals surface area contributed by atoms with Crippen LogP contribution >= 0.6 is 11.3 Å². The van der Waals surface area contributed by atoms with E-state index in [1.807, 2.05) is 35.7 Å². The van der Waals surface area contributed by atoms with E-state index in [2.05, 4.69) is 9.97 Å². The van der Waals surface area contributed by atoms with Gasteiger partial charge in [0, 0.05) is 24.1 Å². The van der Waals surface area contributed by atoms with Gasteiger partial charge in [-0.15, -0.1) is 11.3 Å². The van der Waals surface area contributed by atoms with Crippen molar-refractivity contribution in [2.75, 3.05) is 13.2 Å². The van der Waals surface area contributed by atoms with Crippen LogP contribution in [-0.2, 0) is 16.1 Å². The number of amides is 1. The predicted molar refractivity (Wildman–Crippen MR) is 110 cm³/mol. The Morgan fingerprint density at radius 3 is 3.00 bits per heavy atom. The van der Waals surface area contributed by atoms with Gasteiger partial charge in [0.1, 0.15) is 5.82 Å². The normalized spacial score (nSPS) is 16.8. The van der Waals surface area contributed by atoms with E-state index >= 15 is 0 Å². The summed E-state index contributed by atoms with van der Waals surface area (Å²) in [6, 6.07) is 11.1. The summed E-state index contributed by atoms with van der Waals surface area (Å²) in [5, 5.41) is 2.51. The van der Waals surface area contributed by atoms with Crippen LogP contribution in [0.15, 0.2) is 52.6 Å². The zero-order valence-electron chi connectivity index (χ0n) is 15.3. The molecule has 4 rings (SSSR count). The number of thiophene rings is 1. The molecule has 0 saturated carbocycles. The van der Waals surface area contributed by atoms with Gasteiger partial charge in [-0.05, 0) is 42.5 Å². The number of aromatic amines is 1. The third-order valence-electron chi connectivity index (χ3n) is 4.70. The van der Waals surface area contributed by atoms with Gasteiger partial charge in [0.25, 0.3) is 5.56 Å². The van der Waals surface area contributed by atoms with Gasteiger partial charge in [-0.25, -0.2) is 4.98 Å². The highest BCUT2D eigenvalue weighted by Crippen LogP contribution is 2.16. The molecule has 1 saturated heterocycles. The smallest absolute Gasteiger partial charge is 0.258 e. The number of fused-ring (bicyclic) bond motifs is 1. The molecule has 144 valence electrons. The minimum absolute atomic E-state index is 0.0197. The third-order valence-corrected chi connectivity index (χ3v) is 5.53. The minimum atomic E-state index is -0.195. The molecule has 0 spiro atoms. The van der Waals surface area contributed by atoms with Gasteiger partial charge in [-0.1, -0.05) is 18.2 Å². The Labute approximate surface area is 166 Å². The summed E-state index contributed by atoms with van der Waals surface area (Å²) >= 11 is 1.57. The van der Waals surface area contributed by atoms with Crippen LogP contribution in [0.3, 0.4) is 0 Å². The molecule has 0 radical (unpaired) electrons. The Morgan fingerprint density at radius 2 is 2.21 bits per heavy atom. The molecule has 2 aromatic heterocycles. The summed E-state index contributed by atoms with van der Waals surface area (Å²) < 4.78 is 5.71. The van der Waals surface area contributed by atoms with E-state index in [-0.39, 0.29) is 24.1 Å². The fraction of sp³-hybridized carbons (Fsp3) is 0.286. The molecule has 0 aliphatic carbocycles. The van der Waals surface area contributed by atoms with Crippen LogP contribution in [0.1, 0.15) is 23.5 Å². The van der Waals surface area contributed by atoms with Gasteiger partial charge >= 0.3 is 0 Å². The van der Waals surface area contributed by atoms with E-state index in [0.29, 0.717) is 23.3 Å². The SMILES string of the molecule is O=C(/C=C/c1cccs1)N(Cc1nc2ccccc2c(=O)[nH]1)C[C@H]1CCCO1. The average molecular weight is 395 g/mol. The molecule has 1 aromatic carbocycles. The Balaban J connectivity index is 1.57. The first kappa shape index (κ1) is 18.6. The lowest BCUT2D eigenvalue weighted by Gasteiger charge is -2.24. The van der Waals surface area contributed by atoms with Gasteiger partial charge in [0.05, 0.1) is 23.6 Å². The van der Waals surface area contributed by atoms with Gasteiger partial charge in [0.2, 0.25) is 5.91 Å². The highest BCUT2D eigenvalue weighted by Gasteiger charge is 2.22. The summed E-state index contributed by atoms with van der Waals surface area (Å²) in [6.45, 7) is 1.43. The van der Waals surface area contributed by atoms with Crippen LogP contribution in [0, 0.1) is 0 Å².